The molecule has 0 bridgehead atoms. The summed E-state index contributed by atoms with van der Waals surface area (Å²) in [6.45, 7) is 8.26. The van der Waals surface area contributed by atoms with Crippen molar-refractivity contribution in [2.24, 2.45) is 0 Å². The normalized spacial score (nSPS) is 13.1. The molecule has 2 rings (SSSR count). The number of rotatable bonds is 4. The predicted molar refractivity (Wildman–Crippen MR) is 99.8 cm³/mol. The van der Waals surface area contributed by atoms with Crippen molar-refractivity contribution in [2.75, 3.05) is 18.0 Å². The van der Waals surface area contributed by atoms with Crippen molar-refractivity contribution in [3.63, 3.8) is 0 Å². The molecule has 2 aromatic rings. The molecule has 0 amide bonds. The molecule has 1 aromatic heterocycles. The molecule has 0 radical (unpaired) electrons. The van der Waals surface area contributed by atoms with Gasteiger partial charge >= 0.3 is 12.4 Å². The molecule has 1 aromatic carbocycles. The third kappa shape index (κ3) is 4.84. The maximum absolute atomic E-state index is 14.8. The number of thiazole rings is 1. The highest BCUT2D eigenvalue weighted by Gasteiger charge is 2.41. The Labute approximate surface area is 168 Å². The number of nitrogens with zero attached hydrogens (tertiary/aromatic N) is 2. The van der Waals surface area contributed by atoms with Gasteiger partial charge in [0, 0.05) is 24.1 Å². The highest BCUT2D eigenvalue weighted by atomic mass is 32.1. The first-order valence-corrected chi connectivity index (χ1v) is 9.67. The second kappa shape index (κ2) is 7.77. The summed E-state index contributed by atoms with van der Waals surface area (Å²) in [7, 11) is 0. The Kier molecular flexibility index (Phi) is 6.28. The van der Waals surface area contributed by atoms with Gasteiger partial charge in [-0.3, -0.25) is 0 Å². The summed E-state index contributed by atoms with van der Waals surface area (Å²) in [6, 6.07) is 1.24. The van der Waals surface area contributed by atoms with Gasteiger partial charge in [0.05, 0.1) is 22.0 Å². The molecule has 10 heteroatoms. The molecule has 0 saturated heterocycles. The first-order valence-electron chi connectivity index (χ1n) is 8.85. The Balaban J connectivity index is 2.83. The highest BCUT2D eigenvalue weighted by molar-refractivity contribution is 7.12. The van der Waals surface area contributed by atoms with E-state index in [4.69, 9.17) is 0 Å². The van der Waals surface area contributed by atoms with E-state index in [2.05, 4.69) is 4.98 Å². The van der Waals surface area contributed by atoms with Gasteiger partial charge < -0.3 is 4.90 Å². The molecular formula is C19H21F7N2S. The van der Waals surface area contributed by atoms with Crippen LogP contribution in [0.25, 0.3) is 11.3 Å². The van der Waals surface area contributed by atoms with Crippen molar-refractivity contribution in [3.05, 3.63) is 33.4 Å². The lowest BCUT2D eigenvalue weighted by atomic mass is 9.98. The molecule has 0 atom stereocenters. The van der Waals surface area contributed by atoms with Gasteiger partial charge in [-0.25, -0.2) is 9.37 Å². The van der Waals surface area contributed by atoms with Crippen LogP contribution < -0.4 is 4.90 Å². The molecule has 0 N–H and O–H groups in total. The quantitative estimate of drug-likeness (QED) is 0.468. The summed E-state index contributed by atoms with van der Waals surface area (Å²) in [5.41, 5.74) is -4.00. The molecule has 0 aliphatic heterocycles. The lowest BCUT2D eigenvalue weighted by Crippen LogP contribution is -2.26. The number of aromatic nitrogens is 1. The van der Waals surface area contributed by atoms with Gasteiger partial charge in [0.25, 0.3) is 0 Å². The molecule has 0 spiro atoms. The molecular weight excluding hydrogens is 421 g/mol. The maximum Gasteiger partial charge on any atom is 0.427 e. The minimum atomic E-state index is -4.95. The molecule has 0 aliphatic rings. The fourth-order valence-corrected chi connectivity index (χ4v) is 3.85. The molecule has 2 nitrogen and oxygen atoms in total. The van der Waals surface area contributed by atoms with Gasteiger partial charge in [-0.15, -0.1) is 11.3 Å². The first-order chi connectivity index (χ1) is 13.1. The molecule has 0 fully saturated rings. The van der Waals surface area contributed by atoms with Crippen LogP contribution in [0.3, 0.4) is 0 Å². The fraction of sp³-hybridized carbons (Fsp3) is 0.526. The smallest absolute Gasteiger partial charge is 0.369 e. The molecule has 0 unspecified atom stereocenters. The van der Waals surface area contributed by atoms with Crippen LogP contribution in [-0.2, 0) is 17.8 Å². The van der Waals surface area contributed by atoms with Crippen molar-refractivity contribution < 1.29 is 30.7 Å². The van der Waals surface area contributed by atoms with E-state index in [1.54, 1.807) is 34.6 Å². The Morgan fingerprint density at radius 2 is 1.48 bits per heavy atom. The number of hydrogen-bond acceptors (Lipinski definition) is 3. The standard InChI is InChI=1S/C19H21F7N2S/c1-6-28(7-2)14-11(18(21,22)23)8-10(9-12(14)20)13-15(19(24,25)26)29-16(27-13)17(3,4)5/h8-9H,6-7H2,1-5H3. The predicted octanol–water partition coefficient (Wildman–Crippen LogP) is 7.13. The van der Waals surface area contributed by atoms with Gasteiger partial charge in [-0.2, -0.15) is 26.3 Å². The third-order valence-electron chi connectivity index (χ3n) is 4.25. The number of benzene rings is 1. The zero-order valence-electron chi connectivity index (χ0n) is 16.5. The summed E-state index contributed by atoms with van der Waals surface area (Å²) in [4.78, 5) is 3.98. The fourth-order valence-electron chi connectivity index (χ4n) is 2.84. The lowest BCUT2D eigenvalue weighted by molar-refractivity contribution is -0.137. The molecule has 0 saturated carbocycles. The van der Waals surface area contributed by atoms with E-state index in [1.165, 1.54) is 4.90 Å². The first kappa shape index (κ1) is 23.4. The number of anilines is 1. The average Bonchev–Trinajstić information content (AvgIpc) is 3.01. The maximum atomic E-state index is 14.8. The van der Waals surface area contributed by atoms with Gasteiger partial charge in [0.1, 0.15) is 10.7 Å². The summed E-state index contributed by atoms with van der Waals surface area (Å²) < 4.78 is 96.3. The Morgan fingerprint density at radius 1 is 0.931 bits per heavy atom. The van der Waals surface area contributed by atoms with Crippen LogP contribution in [0.5, 0.6) is 0 Å². The second-order valence-electron chi connectivity index (χ2n) is 7.47. The number of halogens is 7. The van der Waals surface area contributed by atoms with Crippen LogP contribution in [0.2, 0.25) is 0 Å². The minimum Gasteiger partial charge on any atom is -0.369 e. The van der Waals surface area contributed by atoms with E-state index in [0.717, 1.165) is 0 Å². The van der Waals surface area contributed by atoms with Crippen LogP contribution in [0.1, 0.15) is 50.1 Å². The summed E-state index contributed by atoms with van der Waals surface area (Å²) in [6.07, 6.45) is -9.78. The average molecular weight is 442 g/mol. The Bertz CT molecular complexity index is 872. The summed E-state index contributed by atoms with van der Waals surface area (Å²) in [5, 5.41) is 0.0987. The molecule has 162 valence electrons. The molecule has 29 heavy (non-hydrogen) atoms. The topological polar surface area (TPSA) is 16.1 Å². The summed E-state index contributed by atoms with van der Waals surface area (Å²) in [5.74, 6) is -1.24. The summed E-state index contributed by atoms with van der Waals surface area (Å²) >= 11 is 0.357. The van der Waals surface area contributed by atoms with Crippen LogP contribution in [-0.4, -0.2) is 18.1 Å². The Morgan fingerprint density at radius 3 is 1.90 bits per heavy atom. The van der Waals surface area contributed by atoms with Gasteiger partial charge in [-0.05, 0) is 26.0 Å². The minimum absolute atomic E-state index is 0.0987. The van der Waals surface area contributed by atoms with Gasteiger partial charge in [0.2, 0.25) is 0 Å². The second-order valence-corrected chi connectivity index (χ2v) is 8.47. The van der Waals surface area contributed by atoms with Gasteiger partial charge in [-0.1, -0.05) is 20.8 Å². The Hall–Kier alpha value is -1.84. The molecule has 0 aliphatic carbocycles. The third-order valence-corrected chi connectivity index (χ3v) is 5.77. The van der Waals surface area contributed by atoms with E-state index in [0.29, 0.717) is 23.5 Å². The van der Waals surface area contributed by atoms with Crippen molar-refractivity contribution in [3.8, 4) is 11.3 Å². The van der Waals surface area contributed by atoms with Gasteiger partial charge in [0.15, 0.2) is 0 Å². The van der Waals surface area contributed by atoms with Crippen LogP contribution in [0.15, 0.2) is 12.1 Å². The van der Waals surface area contributed by atoms with E-state index < -0.39 is 51.0 Å². The van der Waals surface area contributed by atoms with Crippen molar-refractivity contribution in [1.29, 1.82) is 0 Å². The van der Waals surface area contributed by atoms with Crippen LogP contribution in [0.4, 0.5) is 36.4 Å². The van der Waals surface area contributed by atoms with E-state index >= 15 is 0 Å². The monoisotopic (exact) mass is 442 g/mol. The zero-order valence-corrected chi connectivity index (χ0v) is 17.3. The van der Waals surface area contributed by atoms with Crippen molar-refractivity contribution >= 4 is 17.0 Å². The van der Waals surface area contributed by atoms with Crippen LogP contribution in [0, 0.1) is 5.82 Å². The number of hydrogen-bond donors (Lipinski definition) is 0. The largest absolute Gasteiger partial charge is 0.427 e. The SMILES string of the molecule is CCN(CC)c1c(F)cc(-c2nc(C(C)(C)C)sc2C(F)(F)F)cc1C(F)(F)F. The van der Waals surface area contributed by atoms with Crippen molar-refractivity contribution in [1.82, 2.24) is 4.98 Å². The van der Waals surface area contributed by atoms with E-state index in [1.807, 2.05) is 0 Å². The lowest BCUT2D eigenvalue weighted by Gasteiger charge is -2.26. The van der Waals surface area contributed by atoms with E-state index in [-0.39, 0.29) is 18.1 Å². The van der Waals surface area contributed by atoms with Crippen LogP contribution >= 0.6 is 11.3 Å². The molecule has 1 heterocycles. The zero-order chi connectivity index (χ0) is 22.4. The number of alkyl halides is 6. The highest BCUT2D eigenvalue weighted by Crippen LogP contribution is 2.46. The van der Waals surface area contributed by atoms with E-state index in [9.17, 15) is 30.7 Å². The van der Waals surface area contributed by atoms with Crippen molar-refractivity contribution in [2.45, 2.75) is 52.4 Å².